The van der Waals surface area contributed by atoms with Crippen molar-refractivity contribution in [2.24, 2.45) is 0 Å². The molecule has 0 unspecified atom stereocenters. The highest BCUT2D eigenvalue weighted by Crippen LogP contribution is 2.38. The molecule has 10 heteroatoms. The first-order chi connectivity index (χ1) is 18.0. The lowest BCUT2D eigenvalue weighted by molar-refractivity contribution is -0.111. The predicted molar refractivity (Wildman–Crippen MR) is 143 cm³/mol. The van der Waals surface area contributed by atoms with Gasteiger partial charge in [0.1, 0.15) is 17.5 Å². The molecule has 0 atom stereocenters. The summed E-state index contributed by atoms with van der Waals surface area (Å²) in [4.78, 5) is 23.7. The number of carbonyl (C=O) groups excluding carboxylic acids is 1. The van der Waals surface area contributed by atoms with Crippen molar-refractivity contribution in [3.63, 3.8) is 0 Å². The van der Waals surface area contributed by atoms with E-state index in [4.69, 9.17) is 18.9 Å². The van der Waals surface area contributed by atoms with E-state index in [1.54, 1.807) is 39.5 Å². The smallest absolute Gasteiger partial charge is 0.248 e. The zero-order valence-electron chi connectivity index (χ0n) is 21.4. The largest absolute Gasteiger partial charge is 0.493 e. The van der Waals surface area contributed by atoms with Crippen LogP contribution >= 0.6 is 0 Å². The van der Waals surface area contributed by atoms with Gasteiger partial charge in [-0.15, -0.1) is 0 Å². The van der Waals surface area contributed by atoms with Crippen LogP contribution in [0.15, 0.2) is 48.5 Å². The number of anilines is 4. The molecule has 1 aliphatic rings. The van der Waals surface area contributed by atoms with Gasteiger partial charge in [0.15, 0.2) is 11.5 Å². The predicted octanol–water partition coefficient (Wildman–Crippen LogP) is 4.04. The van der Waals surface area contributed by atoms with Gasteiger partial charge in [-0.25, -0.2) is 9.97 Å². The van der Waals surface area contributed by atoms with Crippen LogP contribution in [0.4, 0.5) is 23.0 Å². The number of nitrogens with zero attached hydrogens (tertiary/aromatic N) is 3. The molecule has 1 amide bonds. The van der Waals surface area contributed by atoms with Crippen LogP contribution < -0.4 is 29.7 Å². The first-order valence-corrected chi connectivity index (χ1v) is 11.8. The summed E-state index contributed by atoms with van der Waals surface area (Å²) in [6.45, 7) is 4.86. The van der Waals surface area contributed by atoms with Gasteiger partial charge in [-0.05, 0) is 55.0 Å². The fourth-order valence-electron chi connectivity index (χ4n) is 3.91. The molecule has 0 saturated carbocycles. The number of methoxy groups -OCH3 is 3. The summed E-state index contributed by atoms with van der Waals surface area (Å²) < 4.78 is 21.5. The van der Waals surface area contributed by atoms with Crippen molar-refractivity contribution in [1.29, 1.82) is 0 Å². The molecule has 2 aromatic carbocycles. The third-order valence-electron chi connectivity index (χ3n) is 5.70. The van der Waals surface area contributed by atoms with E-state index < -0.39 is 0 Å². The lowest BCUT2D eigenvalue weighted by atomic mass is 10.1. The number of amides is 1. The van der Waals surface area contributed by atoms with Crippen LogP contribution in [-0.2, 0) is 9.53 Å². The lowest BCUT2D eigenvalue weighted by Crippen LogP contribution is -2.36. The molecular weight excluding hydrogens is 474 g/mol. The van der Waals surface area contributed by atoms with E-state index in [1.807, 2.05) is 37.3 Å². The number of morpholine rings is 1. The zero-order valence-corrected chi connectivity index (χ0v) is 21.4. The van der Waals surface area contributed by atoms with Crippen LogP contribution in [0, 0.1) is 6.92 Å². The van der Waals surface area contributed by atoms with Crippen molar-refractivity contribution in [1.82, 2.24) is 9.97 Å². The van der Waals surface area contributed by atoms with Crippen LogP contribution in [-0.4, -0.2) is 63.5 Å². The molecule has 1 aromatic heterocycles. The van der Waals surface area contributed by atoms with Gasteiger partial charge in [0, 0.05) is 36.6 Å². The van der Waals surface area contributed by atoms with Crippen molar-refractivity contribution < 1.29 is 23.7 Å². The minimum absolute atomic E-state index is 0.268. The van der Waals surface area contributed by atoms with E-state index in [-0.39, 0.29) is 5.91 Å². The van der Waals surface area contributed by atoms with Crippen molar-refractivity contribution in [3.05, 3.63) is 59.9 Å². The summed E-state index contributed by atoms with van der Waals surface area (Å²) in [5.41, 5.74) is 2.25. The standard InChI is InChI=1S/C27H31N5O5/c1-18-28-24(17-25(29-18)32-11-13-37-14-12-32)30-20-6-8-21(9-7-20)31-26(33)10-5-19-15-22(34-2)27(36-4)23(16-19)35-3/h5-10,15-17H,11-14H2,1-4H3,(H,31,33)(H,28,29,30)/b10-5+. The second-order valence-corrected chi connectivity index (χ2v) is 8.24. The van der Waals surface area contributed by atoms with Crippen LogP contribution in [0.5, 0.6) is 17.2 Å². The first kappa shape index (κ1) is 25.8. The van der Waals surface area contributed by atoms with E-state index in [2.05, 4.69) is 25.5 Å². The van der Waals surface area contributed by atoms with Gasteiger partial charge in [-0.2, -0.15) is 0 Å². The van der Waals surface area contributed by atoms with Crippen molar-refractivity contribution >= 4 is 35.0 Å². The fourth-order valence-corrected chi connectivity index (χ4v) is 3.91. The molecule has 3 aromatic rings. The zero-order chi connectivity index (χ0) is 26.2. The van der Waals surface area contributed by atoms with Gasteiger partial charge in [0.05, 0.1) is 34.5 Å². The first-order valence-electron chi connectivity index (χ1n) is 11.8. The summed E-state index contributed by atoms with van der Waals surface area (Å²) >= 11 is 0. The molecule has 0 aliphatic carbocycles. The summed E-state index contributed by atoms with van der Waals surface area (Å²) in [7, 11) is 4.64. The average Bonchev–Trinajstić information content (AvgIpc) is 2.92. The number of ether oxygens (including phenoxy) is 4. The molecule has 2 heterocycles. The molecule has 194 valence electrons. The van der Waals surface area contributed by atoms with Gasteiger partial charge >= 0.3 is 0 Å². The minimum atomic E-state index is -0.268. The van der Waals surface area contributed by atoms with Gasteiger partial charge < -0.3 is 34.5 Å². The fraction of sp³-hybridized carbons (Fsp3) is 0.296. The molecule has 37 heavy (non-hydrogen) atoms. The molecule has 10 nitrogen and oxygen atoms in total. The summed E-state index contributed by atoms with van der Waals surface area (Å²) in [6, 6.07) is 12.9. The maximum absolute atomic E-state index is 12.5. The summed E-state index contributed by atoms with van der Waals surface area (Å²) in [5.74, 6) is 3.53. The number of rotatable bonds is 9. The maximum Gasteiger partial charge on any atom is 0.248 e. The third-order valence-corrected chi connectivity index (χ3v) is 5.70. The maximum atomic E-state index is 12.5. The Bertz CT molecular complexity index is 1230. The van der Waals surface area contributed by atoms with E-state index in [1.165, 1.54) is 6.08 Å². The number of hydrogen-bond donors (Lipinski definition) is 2. The van der Waals surface area contributed by atoms with E-state index in [0.717, 1.165) is 30.2 Å². The SMILES string of the molecule is COc1cc(/C=C/C(=O)Nc2ccc(Nc3cc(N4CCOCC4)nc(C)n3)cc2)cc(OC)c1OC. The van der Waals surface area contributed by atoms with Crippen molar-refractivity contribution in [2.75, 3.05) is 63.2 Å². The second kappa shape index (κ2) is 12.1. The number of nitrogens with one attached hydrogen (secondary N) is 2. The summed E-state index contributed by atoms with van der Waals surface area (Å²) in [5, 5.41) is 6.17. The molecular formula is C27H31N5O5. The normalized spacial score (nSPS) is 13.4. The van der Waals surface area contributed by atoms with E-state index >= 15 is 0 Å². The quantitative estimate of drug-likeness (QED) is 0.417. The van der Waals surface area contributed by atoms with Gasteiger partial charge in [0.25, 0.3) is 0 Å². The Morgan fingerprint density at radius 2 is 1.59 bits per heavy atom. The van der Waals surface area contributed by atoms with Crippen LogP contribution in [0.3, 0.4) is 0 Å². The van der Waals surface area contributed by atoms with E-state index in [9.17, 15) is 4.79 Å². The number of aryl methyl sites for hydroxylation is 1. The highest BCUT2D eigenvalue weighted by molar-refractivity contribution is 6.02. The second-order valence-electron chi connectivity index (χ2n) is 8.24. The third kappa shape index (κ3) is 6.68. The van der Waals surface area contributed by atoms with Crippen LogP contribution in [0.25, 0.3) is 6.08 Å². The van der Waals surface area contributed by atoms with Crippen LogP contribution in [0.2, 0.25) is 0 Å². The molecule has 1 saturated heterocycles. The average molecular weight is 506 g/mol. The highest BCUT2D eigenvalue weighted by atomic mass is 16.5. The molecule has 0 bridgehead atoms. The minimum Gasteiger partial charge on any atom is -0.493 e. The topological polar surface area (TPSA) is 107 Å². The Morgan fingerprint density at radius 3 is 2.22 bits per heavy atom. The van der Waals surface area contributed by atoms with Gasteiger partial charge in [-0.1, -0.05) is 0 Å². The van der Waals surface area contributed by atoms with Crippen molar-refractivity contribution in [3.8, 4) is 17.2 Å². The van der Waals surface area contributed by atoms with Crippen molar-refractivity contribution in [2.45, 2.75) is 6.92 Å². The monoisotopic (exact) mass is 505 g/mol. The molecule has 0 spiro atoms. The highest BCUT2D eigenvalue weighted by Gasteiger charge is 2.15. The Hall–Kier alpha value is -4.31. The Labute approximate surface area is 216 Å². The van der Waals surface area contributed by atoms with Gasteiger partial charge in [0.2, 0.25) is 11.7 Å². The number of benzene rings is 2. The molecule has 1 aliphatic heterocycles. The summed E-state index contributed by atoms with van der Waals surface area (Å²) in [6.07, 6.45) is 3.13. The molecule has 2 N–H and O–H groups in total. The number of aromatic nitrogens is 2. The number of hydrogen-bond acceptors (Lipinski definition) is 9. The van der Waals surface area contributed by atoms with Gasteiger partial charge in [-0.3, -0.25) is 4.79 Å². The molecule has 1 fully saturated rings. The van der Waals surface area contributed by atoms with E-state index in [0.29, 0.717) is 47.8 Å². The lowest BCUT2D eigenvalue weighted by Gasteiger charge is -2.28. The Kier molecular flexibility index (Phi) is 8.42. The Balaban J connectivity index is 1.39. The molecule has 0 radical (unpaired) electrons. The Morgan fingerprint density at radius 1 is 0.946 bits per heavy atom. The molecule has 4 rings (SSSR count). The number of carbonyl (C=O) groups is 1. The van der Waals surface area contributed by atoms with Crippen LogP contribution in [0.1, 0.15) is 11.4 Å².